The van der Waals surface area contributed by atoms with Crippen LogP contribution in [0, 0.1) is 0 Å². The third-order valence-corrected chi connectivity index (χ3v) is 5.84. The number of hydrogen-bond donors (Lipinski definition) is 1. The van der Waals surface area contributed by atoms with Gasteiger partial charge in [-0.15, -0.1) is 0 Å². The lowest BCUT2D eigenvalue weighted by Gasteiger charge is -2.23. The molecular formula is C19H25N3O5S. The predicted molar refractivity (Wildman–Crippen MR) is 108 cm³/mol. The van der Waals surface area contributed by atoms with E-state index in [4.69, 9.17) is 9.47 Å². The second-order valence-electron chi connectivity index (χ2n) is 6.06. The summed E-state index contributed by atoms with van der Waals surface area (Å²) >= 11 is 0. The summed E-state index contributed by atoms with van der Waals surface area (Å²) in [6.45, 7) is 0.599. The van der Waals surface area contributed by atoms with E-state index >= 15 is 0 Å². The highest BCUT2D eigenvalue weighted by Gasteiger charge is 2.21. The van der Waals surface area contributed by atoms with Crippen molar-refractivity contribution < 1.29 is 22.7 Å². The molecule has 0 saturated carbocycles. The molecule has 0 fully saturated rings. The first-order chi connectivity index (χ1) is 13.3. The number of amides is 1. The van der Waals surface area contributed by atoms with E-state index in [9.17, 15) is 13.2 Å². The Balaban J connectivity index is 1.89. The number of carbonyl (C=O) groups excluding carboxylic acids is 1. The third kappa shape index (κ3) is 5.14. The molecule has 0 aliphatic rings. The molecule has 1 amide bonds. The lowest BCUT2D eigenvalue weighted by Crippen LogP contribution is -2.37. The molecular weight excluding hydrogens is 382 g/mol. The third-order valence-electron chi connectivity index (χ3n) is 4.01. The summed E-state index contributed by atoms with van der Waals surface area (Å²) in [5.41, 5.74) is 0.890. The van der Waals surface area contributed by atoms with Crippen LogP contribution < -0.4 is 19.1 Å². The van der Waals surface area contributed by atoms with Gasteiger partial charge < -0.3 is 14.8 Å². The highest BCUT2D eigenvalue weighted by Crippen LogP contribution is 2.25. The van der Waals surface area contributed by atoms with Crippen molar-refractivity contribution in [1.82, 2.24) is 9.62 Å². The van der Waals surface area contributed by atoms with E-state index in [1.54, 1.807) is 43.5 Å². The predicted octanol–water partition coefficient (Wildman–Crippen LogP) is 1.75. The van der Waals surface area contributed by atoms with E-state index < -0.39 is 10.2 Å². The minimum absolute atomic E-state index is 0.270. The number of methoxy groups -OCH3 is 1. The molecule has 0 saturated heterocycles. The largest absolute Gasteiger partial charge is 0.493 e. The Hall–Kier alpha value is -2.78. The number of hydrogen-bond acceptors (Lipinski definition) is 5. The number of benzene rings is 2. The van der Waals surface area contributed by atoms with Gasteiger partial charge in [0.1, 0.15) is 6.61 Å². The summed E-state index contributed by atoms with van der Waals surface area (Å²) < 4.78 is 37.3. The average molecular weight is 407 g/mol. The summed E-state index contributed by atoms with van der Waals surface area (Å²) in [6, 6.07) is 13.6. The first-order valence-electron chi connectivity index (χ1n) is 8.58. The normalized spacial score (nSPS) is 11.2. The lowest BCUT2D eigenvalue weighted by molar-refractivity contribution is 0.0947. The second-order valence-corrected chi connectivity index (χ2v) is 8.23. The van der Waals surface area contributed by atoms with E-state index in [1.807, 2.05) is 12.1 Å². The highest BCUT2D eigenvalue weighted by atomic mass is 32.2. The zero-order chi connectivity index (χ0) is 20.7. The summed E-state index contributed by atoms with van der Waals surface area (Å²) in [5.74, 6) is 0.961. The van der Waals surface area contributed by atoms with Crippen molar-refractivity contribution >= 4 is 21.8 Å². The zero-order valence-electron chi connectivity index (χ0n) is 16.4. The van der Waals surface area contributed by atoms with Gasteiger partial charge in [0.05, 0.1) is 19.3 Å². The minimum Gasteiger partial charge on any atom is -0.493 e. The number of carbonyl (C=O) groups is 1. The van der Waals surface area contributed by atoms with Gasteiger partial charge in [-0.1, -0.05) is 12.1 Å². The van der Waals surface area contributed by atoms with E-state index in [-0.39, 0.29) is 12.5 Å². The highest BCUT2D eigenvalue weighted by molar-refractivity contribution is 7.90. The van der Waals surface area contributed by atoms with Crippen LogP contribution in [0.3, 0.4) is 0 Å². The van der Waals surface area contributed by atoms with Crippen LogP contribution >= 0.6 is 0 Å². The number of rotatable bonds is 9. The van der Waals surface area contributed by atoms with Gasteiger partial charge in [0.15, 0.2) is 11.5 Å². The van der Waals surface area contributed by atoms with Crippen molar-refractivity contribution in [1.29, 1.82) is 0 Å². The van der Waals surface area contributed by atoms with Crippen LogP contribution in [0.15, 0.2) is 48.5 Å². The lowest BCUT2D eigenvalue weighted by atomic mass is 10.2. The van der Waals surface area contributed by atoms with Crippen molar-refractivity contribution in [2.45, 2.75) is 0 Å². The Morgan fingerprint density at radius 1 is 1.00 bits per heavy atom. The van der Waals surface area contributed by atoms with Gasteiger partial charge in [0.2, 0.25) is 0 Å². The SMILES string of the molecule is COc1ccccc1OCCNC(=O)c1ccc(N(C)S(=O)(=O)N(C)C)cc1. The number of para-hydroxylation sites is 2. The average Bonchev–Trinajstić information content (AvgIpc) is 2.70. The van der Waals surface area contributed by atoms with Crippen LogP contribution in [0.4, 0.5) is 5.69 Å². The van der Waals surface area contributed by atoms with Crippen molar-refractivity contribution in [3.05, 3.63) is 54.1 Å². The smallest absolute Gasteiger partial charge is 0.303 e. The van der Waals surface area contributed by atoms with Crippen molar-refractivity contribution in [2.24, 2.45) is 0 Å². The minimum atomic E-state index is -3.57. The molecule has 0 aromatic heterocycles. The number of ether oxygens (including phenoxy) is 2. The first-order valence-corrected chi connectivity index (χ1v) is 9.97. The molecule has 9 heteroatoms. The maximum atomic E-state index is 12.2. The van der Waals surface area contributed by atoms with Crippen LogP contribution in [0.5, 0.6) is 11.5 Å². The molecule has 8 nitrogen and oxygen atoms in total. The maximum absolute atomic E-state index is 12.2. The molecule has 2 rings (SSSR count). The van der Waals surface area contributed by atoms with Gasteiger partial charge in [-0.3, -0.25) is 9.10 Å². The fraction of sp³-hybridized carbons (Fsp3) is 0.316. The van der Waals surface area contributed by atoms with Crippen LogP contribution in [-0.2, 0) is 10.2 Å². The van der Waals surface area contributed by atoms with Crippen molar-refractivity contribution in [2.75, 3.05) is 45.7 Å². The van der Waals surface area contributed by atoms with Gasteiger partial charge in [-0.05, 0) is 36.4 Å². The van der Waals surface area contributed by atoms with E-state index in [0.717, 1.165) is 8.61 Å². The van der Waals surface area contributed by atoms with E-state index in [0.29, 0.717) is 29.3 Å². The Bertz CT molecular complexity index is 898. The van der Waals surface area contributed by atoms with Gasteiger partial charge >= 0.3 is 10.2 Å². The molecule has 0 aliphatic carbocycles. The topological polar surface area (TPSA) is 88.2 Å². The molecule has 0 unspecified atom stereocenters. The Morgan fingerprint density at radius 2 is 1.61 bits per heavy atom. The summed E-state index contributed by atoms with van der Waals surface area (Å²) in [6.07, 6.45) is 0. The van der Waals surface area contributed by atoms with Gasteiger partial charge in [-0.2, -0.15) is 12.7 Å². The van der Waals surface area contributed by atoms with Gasteiger partial charge in [0, 0.05) is 26.7 Å². The molecule has 0 heterocycles. The quantitative estimate of drug-likeness (QED) is 0.640. The standard InChI is InChI=1S/C19H25N3O5S/c1-21(2)28(24,25)22(3)16-11-9-15(10-12-16)19(23)20-13-14-27-18-8-6-5-7-17(18)26-4/h5-12H,13-14H2,1-4H3,(H,20,23). The van der Waals surface area contributed by atoms with Crippen molar-refractivity contribution in [3.8, 4) is 11.5 Å². The molecule has 28 heavy (non-hydrogen) atoms. The van der Waals surface area contributed by atoms with Crippen LogP contribution in [-0.4, -0.2) is 60.0 Å². The molecule has 0 aliphatic heterocycles. The van der Waals surface area contributed by atoms with Crippen molar-refractivity contribution in [3.63, 3.8) is 0 Å². The maximum Gasteiger partial charge on any atom is 0.303 e. The molecule has 2 aromatic rings. The number of nitrogens with one attached hydrogen (secondary N) is 1. The molecule has 0 atom stereocenters. The van der Waals surface area contributed by atoms with Crippen LogP contribution in [0.1, 0.15) is 10.4 Å². The Kier molecular flexibility index (Phi) is 7.24. The number of anilines is 1. The molecule has 0 spiro atoms. The van der Waals surface area contributed by atoms with E-state index in [1.165, 1.54) is 21.1 Å². The summed E-state index contributed by atoms with van der Waals surface area (Å²) in [4.78, 5) is 12.2. The molecule has 2 aromatic carbocycles. The summed E-state index contributed by atoms with van der Waals surface area (Å²) in [5, 5.41) is 2.76. The first kappa shape index (κ1) is 21.5. The number of nitrogens with zero attached hydrogens (tertiary/aromatic N) is 2. The van der Waals surface area contributed by atoms with Gasteiger partial charge in [-0.25, -0.2) is 0 Å². The zero-order valence-corrected chi connectivity index (χ0v) is 17.2. The van der Waals surface area contributed by atoms with Crippen LogP contribution in [0.2, 0.25) is 0 Å². The molecule has 1 N–H and O–H groups in total. The molecule has 0 bridgehead atoms. The van der Waals surface area contributed by atoms with E-state index in [2.05, 4.69) is 5.32 Å². The fourth-order valence-electron chi connectivity index (χ4n) is 2.37. The molecule has 0 radical (unpaired) electrons. The monoisotopic (exact) mass is 407 g/mol. The van der Waals surface area contributed by atoms with Crippen LogP contribution in [0.25, 0.3) is 0 Å². The molecule has 152 valence electrons. The summed E-state index contributed by atoms with van der Waals surface area (Å²) in [7, 11) is 2.37. The Morgan fingerprint density at radius 3 is 2.18 bits per heavy atom. The second kappa shape index (κ2) is 9.43. The van der Waals surface area contributed by atoms with Gasteiger partial charge in [0.25, 0.3) is 5.91 Å². The fourth-order valence-corrected chi connectivity index (χ4v) is 3.24. The Labute approximate surface area is 165 Å².